The van der Waals surface area contributed by atoms with Crippen LogP contribution in [0.1, 0.15) is 15.9 Å². The minimum Gasteiger partial charge on any atom is -0.497 e. The number of hydrogen-bond acceptors (Lipinski definition) is 6. The largest absolute Gasteiger partial charge is 0.497 e. The molecular weight excluding hydrogens is 386 g/mol. The van der Waals surface area contributed by atoms with Crippen molar-refractivity contribution >= 4 is 17.5 Å². The van der Waals surface area contributed by atoms with Crippen LogP contribution in [-0.4, -0.2) is 65.2 Å². The number of methoxy groups -OCH3 is 3. The molecule has 0 aliphatic carbocycles. The Hall–Kier alpha value is -3.42. The predicted octanol–water partition coefficient (Wildman–Crippen LogP) is 2.18. The molecule has 0 aromatic heterocycles. The fourth-order valence-electron chi connectivity index (χ4n) is 2.84. The molecule has 0 bridgehead atoms. The summed E-state index contributed by atoms with van der Waals surface area (Å²) in [6.45, 7) is 0.504. The van der Waals surface area contributed by atoms with Crippen molar-refractivity contribution < 1.29 is 23.8 Å². The molecule has 0 aliphatic rings. The highest BCUT2D eigenvalue weighted by Crippen LogP contribution is 2.27. The Morgan fingerprint density at radius 3 is 2.30 bits per heavy atom. The van der Waals surface area contributed by atoms with Gasteiger partial charge in [-0.25, -0.2) is 0 Å². The lowest BCUT2D eigenvalue weighted by Crippen LogP contribution is -2.32. The molecule has 2 amide bonds. The first-order valence-corrected chi connectivity index (χ1v) is 9.50. The topological polar surface area (TPSA) is 89.1 Å². The molecule has 0 unspecified atom stereocenters. The monoisotopic (exact) mass is 415 g/mol. The zero-order valence-corrected chi connectivity index (χ0v) is 18.1. The molecular formula is C22H29N3O5. The standard InChI is InChI=1S/C22H29N3O5/c1-25(2)22(27)17-8-7-16(28-3)13-18(17)24-14-21(26)23-11-10-15-6-9-19(29-4)20(12-15)30-5/h6-9,12-13,24H,10-11,14H2,1-5H3,(H,23,26). The molecule has 0 heterocycles. The Kier molecular flexibility index (Phi) is 8.34. The van der Waals surface area contributed by atoms with Gasteiger partial charge in [-0.2, -0.15) is 0 Å². The van der Waals surface area contributed by atoms with Crippen LogP contribution in [-0.2, 0) is 11.2 Å². The van der Waals surface area contributed by atoms with Crippen LogP contribution in [0.3, 0.4) is 0 Å². The molecule has 162 valence electrons. The zero-order valence-electron chi connectivity index (χ0n) is 18.1. The molecule has 2 rings (SSSR count). The van der Waals surface area contributed by atoms with E-state index in [-0.39, 0.29) is 18.4 Å². The van der Waals surface area contributed by atoms with Gasteiger partial charge in [0.2, 0.25) is 5.91 Å². The second-order valence-corrected chi connectivity index (χ2v) is 6.75. The van der Waals surface area contributed by atoms with E-state index in [2.05, 4.69) is 10.6 Å². The third-order valence-electron chi connectivity index (χ3n) is 4.49. The van der Waals surface area contributed by atoms with Crippen molar-refractivity contribution in [3.63, 3.8) is 0 Å². The third kappa shape index (κ3) is 6.04. The van der Waals surface area contributed by atoms with Crippen molar-refractivity contribution in [2.24, 2.45) is 0 Å². The van der Waals surface area contributed by atoms with Gasteiger partial charge >= 0.3 is 0 Å². The van der Waals surface area contributed by atoms with Gasteiger partial charge in [-0.15, -0.1) is 0 Å². The second-order valence-electron chi connectivity index (χ2n) is 6.75. The molecule has 0 fully saturated rings. The van der Waals surface area contributed by atoms with Gasteiger partial charge in [-0.3, -0.25) is 9.59 Å². The lowest BCUT2D eigenvalue weighted by Gasteiger charge is -2.16. The highest BCUT2D eigenvalue weighted by atomic mass is 16.5. The molecule has 0 saturated carbocycles. The second kappa shape index (κ2) is 10.9. The summed E-state index contributed by atoms with van der Waals surface area (Å²) in [5.74, 6) is 1.58. The SMILES string of the molecule is COc1ccc(C(=O)N(C)C)c(NCC(=O)NCCc2ccc(OC)c(OC)c2)c1. The van der Waals surface area contributed by atoms with Crippen LogP contribution in [0.25, 0.3) is 0 Å². The summed E-state index contributed by atoms with van der Waals surface area (Å²) in [6.07, 6.45) is 0.648. The van der Waals surface area contributed by atoms with E-state index >= 15 is 0 Å². The summed E-state index contributed by atoms with van der Waals surface area (Å²) in [5.41, 5.74) is 2.04. The van der Waals surface area contributed by atoms with Gasteiger partial charge in [0.1, 0.15) is 5.75 Å². The van der Waals surface area contributed by atoms with Gasteiger partial charge < -0.3 is 29.7 Å². The number of amides is 2. The Morgan fingerprint density at radius 2 is 1.67 bits per heavy atom. The van der Waals surface area contributed by atoms with E-state index in [4.69, 9.17) is 14.2 Å². The average Bonchev–Trinajstić information content (AvgIpc) is 2.76. The maximum atomic E-state index is 12.4. The van der Waals surface area contributed by atoms with Crippen LogP contribution in [0.5, 0.6) is 17.2 Å². The highest BCUT2D eigenvalue weighted by Gasteiger charge is 2.15. The van der Waals surface area contributed by atoms with Crippen LogP contribution in [0.15, 0.2) is 36.4 Å². The van der Waals surface area contributed by atoms with Crippen LogP contribution < -0.4 is 24.8 Å². The quantitative estimate of drug-likeness (QED) is 0.618. The number of carbonyl (C=O) groups excluding carboxylic acids is 2. The number of anilines is 1. The maximum absolute atomic E-state index is 12.4. The van der Waals surface area contributed by atoms with Crippen molar-refractivity contribution in [2.45, 2.75) is 6.42 Å². The van der Waals surface area contributed by atoms with E-state index in [1.54, 1.807) is 53.6 Å². The van der Waals surface area contributed by atoms with Crippen molar-refractivity contribution in [1.29, 1.82) is 0 Å². The molecule has 30 heavy (non-hydrogen) atoms. The van der Waals surface area contributed by atoms with Gasteiger partial charge in [0.25, 0.3) is 5.91 Å². The van der Waals surface area contributed by atoms with E-state index in [0.29, 0.717) is 41.5 Å². The minimum absolute atomic E-state index is 0.0345. The first-order chi connectivity index (χ1) is 14.4. The molecule has 0 spiro atoms. The molecule has 2 aromatic rings. The fraction of sp³-hybridized carbons (Fsp3) is 0.364. The van der Waals surface area contributed by atoms with Crippen molar-refractivity contribution in [1.82, 2.24) is 10.2 Å². The fourth-order valence-corrected chi connectivity index (χ4v) is 2.84. The summed E-state index contributed by atoms with van der Waals surface area (Å²) in [7, 11) is 8.08. The number of rotatable bonds is 10. The average molecular weight is 415 g/mol. The molecule has 8 heteroatoms. The summed E-state index contributed by atoms with van der Waals surface area (Å²) >= 11 is 0. The number of benzene rings is 2. The Morgan fingerprint density at radius 1 is 0.933 bits per heavy atom. The Balaban J connectivity index is 1.92. The minimum atomic E-state index is -0.179. The first kappa shape index (κ1) is 22.9. The van der Waals surface area contributed by atoms with Crippen molar-refractivity contribution in [3.8, 4) is 17.2 Å². The number of hydrogen-bond donors (Lipinski definition) is 2. The Labute approximate surface area is 177 Å². The molecule has 0 saturated heterocycles. The molecule has 2 aromatic carbocycles. The molecule has 2 N–H and O–H groups in total. The normalized spacial score (nSPS) is 10.2. The predicted molar refractivity (Wildman–Crippen MR) is 116 cm³/mol. The number of nitrogens with zero attached hydrogens (tertiary/aromatic N) is 1. The lowest BCUT2D eigenvalue weighted by molar-refractivity contribution is -0.119. The van der Waals surface area contributed by atoms with Crippen molar-refractivity contribution in [2.75, 3.05) is 53.8 Å². The number of ether oxygens (including phenoxy) is 3. The van der Waals surface area contributed by atoms with E-state index in [1.165, 1.54) is 4.90 Å². The maximum Gasteiger partial charge on any atom is 0.255 e. The van der Waals surface area contributed by atoms with Crippen LogP contribution in [0, 0.1) is 0 Å². The number of carbonyl (C=O) groups is 2. The van der Waals surface area contributed by atoms with Crippen LogP contribution in [0.4, 0.5) is 5.69 Å². The van der Waals surface area contributed by atoms with Crippen molar-refractivity contribution in [3.05, 3.63) is 47.5 Å². The van der Waals surface area contributed by atoms with Gasteiger partial charge in [0.05, 0.1) is 39.1 Å². The van der Waals surface area contributed by atoms with E-state index in [9.17, 15) is 9.59 Å². The van der Waals surface area contributed by atoms with E-state index in [1.807, 2.05) is 18.2 Å². The van der Waals surface area contributed by atoms with Gasteiger partial charge in [-0.1, -0.05) is 6.07 Å². The van der Waals surface area contributed by atoms with E-state index < -0.39 is 0 Å². The molecule has 0 radical (unpaired) electrons. The summed E-state index contributed by atoms with van der Waals surface area (Å²) < 4.78 is 15.7. The van der Waals surface area contributed by atoms with Gasteiger partial charge in [0, 0.05) is 26.7 Å². The summed E-state index contributed by atoms with van der Waals surface area (Å²) in [4.78, 5) is 26.1. The van der Waals surface area contributed by atoms with Crippen LogP contribution >= 0.6 is 0 Å². The van der Waals surface area contributed by atoms with E-state index in [0.717, 1.165) is 5.56 Å². The summed E-state index contributed by atoms with van der Waals surface area (Å²) in [6, 6.07) is 10.8. The van der Waals surface area contributed by atoms with Gasteiger partial charge in [0.15, 0.2) is 11.5 Å². The van der Waals surface area contributed by atoms with Crippen LogP contribution in [0.2, 0.25) is 0 Å². The molecule has 0 aliphatic heterocycles. The lowest BCUT2D eigenvalue weighted by atomic mass is 10.1. The Bertz CT molecular complexity index is 883. The molecule has 0 atom stereocenters. The first-order valence-electron chi connectivity index (χ1n) is 9.50. The smallest absolute Gasteiger partial charge is 0.255 e. The zero-order chi connectivity index (χ0) is 22.1. The number of nitrogens with one attached hydrogen (secondary N) is 2. The molecule has 8 nitrogen and oxygen atoms in total. The highest BCUT2D eigenvalue weighted by molar-refractivity contribution is 6.00. The third-order valence-corrected chi connectivity index (χ3v) is 4.49. The summed E-state index contributed by atoms with van der Waals surface area (Å²) in [5, 5.41) is 5.90. The van der Waals surface area contributed by atoms with Gasteiger partial charge in [-0.05, 0) is 36.2 Å².